The number of anilines is 2. The van der Waals surface area contributed by atoms with E-state index in [1.807, 2.05) is 0 Å². The minimum absolute atomic E-state index is 0.00990. The van der Waals surface area contributed by atoms with Gasteiger partial charge in [-0.05, 0) is 80.1 Å². The molecular weight excluding hydrogens is 600 g/mol. The van der Waals surface area contributed by atoms with E-state index in [1.54, 1.807) is 17.9 Å². The lowest BCUT2D eigenvalue weighted by molar-refractivity contribution is 0.102. The number of urea groups is 1. The number of likely N-dealkylation sites (tertiary alicyclic amines) is 1. The van der Waals surface area contributed by atoms with Crippen molar-refractivity contribution >= 4 is 23.4 Å². The van der Waals surface area contributed by atoms with Gasteiger partial charge in [0.2, 0.25) is 0 Å². The second-order valence-electron chi connectivity index (χ2n) is 11.2. The molecule has 2 fully saturated rings. The molecule has 46 heavy (non-hydrogen) atoms. The second-order valence-corrected chi connectivity index (χ2v) is 11.2. The molecule has 2 atom stereocenters. The molecule has 13 heteroatoms. The van der Waals surface area contributed by atoms with Crippen molar-refractivity contribution in [3.8, 4) is 22.9 Å². The highest BCUT2D eigenvalue weighted by atomic mass is 19.1. The quantitative estimate of drug-likeness (QED) is 0.244. The molecule has 3 amide bonds. The molecule has 1 saturated heterocycles. The van der Waals surface area contributed by atoms with E-state index in [1.165, 1.54) is 60.9 Å². The maximum Gasteiger partial charge on any atom is 0.323 e. The molecule has 2 aromatic heterocycles. The number of amides is 3. The first-order valence-electron chi connectivity index (χ1n) is 14.8. The fourth-order valence-corrected chi connectivity index (χ4v) is 5.96. The predicted molar refractivity (Wildman–Crippen MR) is 165 cm³/mol. The molecule has 11 nitrogen and oxygen atoms in total. The number of nitrogens with zero attached hydrogens (tertiary/aromatic N) is 3. The second kappa shape index (κ2) is 13.0. The molecule has 2 unspecified atom stereocenters. The first-order valence-corrected chi connectivity index (χ1v) is 14.8. The summed E-state index contributed by atoms with van der Waals surface area (Å²) in [5.74, 6) is -0.958. The number of fused-ring (bicyclic) bond motifs is 1. The SMILES string of the molecule is CCOc1ccn(-c2ccc(F)cc2)c(=O)c1C(=O)Nc1ccc(Oc2ccnc(NC(=O)N3CC4CC(O)CC4C3)c2)cc1F. The Morgan fingerprint density at radius 3 is 2.39 bits per heavy atom. The number of ether oxygens (including phenoxy) is 2. The van der Waals surface area contributed by atoms with Gasteiger partial charge in [0.25, 0.3) is 11.5 Å². The van der Waals surface area contributed by atoms with Gasteiger partial charge in [0.05, 0.1) is 18.4 Å². The Labute approximate surface area is 262 Å². The molecule has 4 aromatic rings. The van der Waals surface area contributed by atoms with Crippen molar-refractivity contribution < 1.29 is 33.0 Å². The fraction of sp³-hybridized carbons (Fsp3) is 0.273. The zero-order valence-corrected chi connectivity index (χ0v) is 24.8. The Balaban J connectivity index is 1.13. The number of aromatic nitrogens is 2. The first-order chi connectivity index (χ1) is 22.2. The van der Waals surface area contributed by atoms with E-state index in [2.05, 4.69) is 15.6 Å². The number of aliphatic hydroxyl groups excluding tert-OH is 1. The topological polar surface area (TPSA) is 135 Å². The van der Waals surface area contributed by atoms with Crippen LogP contribution in [0.15, 0.2) is 77.9 Å². The standard InChI is InChI=1S/C33H31F2N5O6/c1-2-45-28-10-12-40(22-5-3-21(34)4-6-22)32(43)30(28)31(42)37-27-8-7-24(15-26(27)35)46-25-9-11-36-29(16-25)38-33(44)39-17-19-13-23(41)14-20(19)18-39/h3-12,15-16,19-20,23,41H,2,13-14,17-18H2,1H3,(H,37,42)(H,36,38,44). The lowest BCUT2D eigenvalue weighted by Crippen LogP contribution is -2.34. The van der Waals surface area contributed by atoms with Crippen molar-refractivity contribution in [1.82, 2.24) is 14.5 Å². The highest BCUT2D eigenvalue weighted by Crippen LogP contribution is 2.38. The molecule has 2 aromatic carbocycles. The smallest absolute Gasteiger partial charge is 0.323 e. The van der Waals surface area contributed by atoms with Gasteiger partial charge in [0.1, 0.15) is 40.3 Å². The Bertz CT molecular complexity index is 1820. The first kappa shape index (κ1) is 30.7. The van der Waals surface area contributed by atoms with E-state index in [0.717, 1.165) is 10.6 Å². The van der Waals surface area contributed by atoms with Gasteiger partial charge < -0.3 is 24.8 Å². The van der Waals surface area contributed by atoms with Crippen LogP contribution in [0.3, 0.4) is 0 Å². The maximum absolute atomic E-state index is 15.2. The average Bonchev–Trinajstić information content (AvgIpc) is 3.57. The number of nitrogens with one attached hydrogen (secondary N) is 2. The molecule has 1 aliphatic heterocycles. The van der Waals surface area contributed by atoms with E-state index in [4.69, 9.17) is 9.47 Å². The van der Waals surface area contributed by atoms with Crippen LogP contribution in [0, 0.1) is 23.5 Å². The van der Waals surface area contributed by atoms with Crippen LogP contribution in [0.25, 0.3) is 5.69 Å². The van der Waals surface area contributed by atoms with Crippen molar-refractivity contribution in [2.75, 3.05) is 30.3 Å². The predicted octanol–water partition coefficient (Wildman–Crippen LogP) is 5.19. The number of carbonyl (C=O) groups is 2. The molecule has 1 aliphatic carbocycles. The van der Waals surface area contributed by atoms with Crippen LogP contribution in [0.2, 0.25) is 0 Å². The molecule has 0 radical (unpaired) electrons. The molecule has 1 saturated carbocycles. The number of carbonyl (C=O) groups excluding carboxylic acids is 2. The van der Waals surface area contributed by atoms with Gasteiger partial charge in [-0.1, -0.05) is 0 Å². The molecule has 3 heterocycles. The van der Waals surface area contributed by atoms with Crippen LogP contribution < -0.4 is 25.7 Å². The third kappa shape index (κ3) is 6.54. The van der Waals surface area contributed by atoms with Gasteiger partial charge in [-0.3, -0.25) is 19.5 Å². The summed E-state index contributed by atoms with van der Waals surface area (Å²) >= 11 is 0. The van der Waals surface area contributed by atoms with Gasteiger partial charge in [0, 0.05) is 43.3 Å². The molecule has 3 N–H and O–H groups in total. The fourth-order valence-electron chi connectivity index (χ4n) is 5.96. The number of hydrogen-bond donors (Lipinski definition) is 3. The molecular formula is C33H31F2N5O6. The Kier molecular flexibility index (Phi) is 8.66. The number of hydrogen-bond acceptors (Lipinski definition) is 7. The van der Waals surface area contributed by atoms with Crippen molar-refractivity contribution in [2.45, 2.75) is 25.9 Å². The van der Waals surface area contributed by atoms with Crippen LogP contribution in [0.5, 0.6) is 17.2 Å². The number of aliphatic hydroxyl groups is 1. The molecule has 0 bridgehead atoms. The summed E-state index contributed by atoms with van der Waals surface area (Å²) in [6, 6.07) is 13.1. The minimum atomic E-state index is -0.898. The van der Waals surface area contributed by atoms with Crippen molar-refractivity contribution in [1.29, 1.82) is 0 Å². The number of rotatable bonds is 8. The van der Waals surface area contributed by atoms with Crippen molar-refractivity contribution in [3.05, 3.63) is 101 Å². The lowest BCUT2D eigenvalue weighted by Gasteiger charge is -2.18. The summed E-state index contributed by atoms with van der Waals surface area (Å²) in [4.78, 5) is 45.3. The summed E-state index contributed by atoms with van der Waals surface area (Å²) in [5.41, 5.74) is -0.965. The Morgan fingerprint density at radius 2 is 1.70 bits per heavy atom. The highest BCUT2D eigenvalue weighted by molar-refractivity contribution is 6.06. The van der Waals surface area contributed by atoms with Gasteiger partial charge in [-0.15, -0.1) is 0 Å². The summed E-state index contributed by atoms with van der Waals surface area (Å²) in [6.45, 7) is 3.02. The molecule has 2 aliphatic rings. The molecule has 238 valence electrons. The normalized spacial score (nSPS) is 18.6. The highest BCUT2D eigenvalue weighted by Gasteiger charge is 2.41. The van der Waals surface area contributed by atoms with E-state index in [0.29, 0.717) is 43.5 Å². The number of pyridine rings is 2. The zero-order valence-electron chi connectivity index (χ0n) is 24.8. The Morgan fingerprint density at radius 1 is 0.978 bits per heavy atom. The number of halogens is 2. The van der Waals surface area contributed by atoms with Gasteiger partial charge in [-0.25, -0.2) is 18.6 Å². The maximum atomic E-state index is 15.2. The molecule has 6 rings (SSSR count). The van der Waals surface area contributed by atoms with E-state index in [9.17, 15) is 23.9 Å². The zero-order chi connectivity index (χ0) is 32.4. The van der Waals surface area contributed by atoms with Crippen molar-refractivity contribution in [2.24, 2.45) is 11.8 Å². The van der Waals surface area contributed by atoms with Gasteiger partial charge >= 0.3 is 6.03 Å². The lowest BCUT2D eigenvalue weighted by atomic mass is 10.0. The largest absolute Gasteiger partial charge is 0.493 e. The average molecular weight is 632 g/mol. The van der Waals surface area contributed by atoms with Crippen LogP contribution in [-0.2, 0) is 0 Å². The summed E-state index contributed by atoms with van der Waals surface area (Å²) in [5, 5.41) is 15.0. The van der Waals surface area contributed by atoms with Gasteiger partial charge in [-0.2, -0.15) is 0 Å². The summed E-state index contributed by atoms with van der Waals surface area (Å²) in [6.07, 6.45) is 3.96. The van der Waals surface area contributed by atoms with Crippen LogP contribution in [0.1, 0.15) is 30.1 Å². The third-order valence-electron chi connectivity index (χ3n) is 8.09. The third-order valence-corrected chi connectivity index (χ3v) is 8.09. The molecule has 0 spiro atoms. The van der Waals surface area contributed by atoms with E-state index >= 15 is 4.39 Å². The van der Waals surface area contributed by atoms with Crippen LogP contribution in [-0.4, -0.2) is 57.3 Å². The van der Waals surface area contributed by atoms with Crippen LogP contribution >= 0.6 is 0 Å². The van der Waals surface area contributed by atoms with Crippen LogP contribution in [0.4, 0.5) is 25.1 Å². The van der Waals surface area contributed by atoms with E-state index < -0.39 is 23.1 Å². The summed E-state index contributed by atoms with van der Waals surface area (Å²) in [7, 11) is 0. The van der Waals surface area contributed by atoms with Gasteiger partial charge in [0.15, 0.2) is 0 Å². The minimum Gasteiger partial charge on any atom is -0.493 e. The van der Waals surface area contributed by atoms with E-state index in [-0.39, 0.29) is 53.1 Å². The Hall–Kier alpha value is -5.30. The summed E-state index contributed by atoms with van der Waals surface area (Å²) < 4.78 is 41.0. The van der Waals surface area contributed by atoms with Crippen molar-refractivity contribution in [3.63, 3.8) is 0 Å². The monoisotopic (exact) mass is 631 g/mol. The number of benzene rings is 2.